The Morgan fingerprint density at radius 2 is 1.81 bits per heavy atom. The maximum absolute atomic E-state index is 12.3. The lowest BCUT2D eigenvalue weighted by molar-refractivity contribution is -0.145. The van der Waals surface area contributed by atoms with Gasteiger partial charge >= 0.3 is 6.18 Å². The molecule has 0 bridgehead atoms. The smallest absolute Gasteiger partial charge is 0.320 e. The Hall–Kier alpha value is -2.16. The molecule has 0 unspecified atom stereocenters. The number of aromatic nitrogens is 3. The number of halogens is 3. The Bertz CT molecular complexity index is 628. The van der Waals surface area contributed by atoms with Crippen molar-refractivity contribution in [1.29, 1.82) is 0 Å². The van der Waals surface area contributed by atoms with Gasteiger partial charge in [0.05, 0.1) is 22.5 Å². The number of rotatable bonds is 3. The minimum absolute atomic E-state index is 0.0723. The molecule has 2 heterocycles. The van der Waals surface area contributed by atoms with Gasteiger partial charge in [0.25, 0.3) is 5.91 Å². The van der Waals surface area contributed by atoms with Gasteiger partial charge in [-0.05, 0) is 18.4 Å². The number of hydrogen-bond donors (Lipinski definition) is 1. The van der Waals surface area contributed by atoms with Crippen LogP contribution in [-0.4, -0.2) is 27.1 Å². The van der Waals surface area contributed by atoms with Crippen molar-refractivity contribution < 1.29 is 18.0 Å². The second kappa shape index (κ2) is 6.08. The molecule has 2 aromatic heterocycles. The first-order valence-electron chi connectivity index (χ1n) is 5.61. The molecule has 5 nitrogen and oxygen atoms in total. The van der Waals surface area contributed by atoms with E-state index in [0.717, 1.165) is 17.4 Å². The van der Waals surface area contributed by atoms with Crippen molar-refractivity contribution in [2.45, 2.75) is 11.2 Å². The first-order valence-corrected chi connectivity index (χ1v) is 6.83. The summed E-state index contributed by atoms with van der Waals surface area (Å²) in [7, 11) is 0. The Morgan fingerprint density at radius 1 is 1.14 bits per heavy atom. The zero-order valence-electron chi connectivity index (χ0n) is 10.7. The van der Waals surface area contributed by atoms with Gasteiger partial charge in [-0.25, -0.2) is 15.0 Å². The van der Waals surface area contributed by atoms with Crippen LogP contribution in [0.1, 0.15) is 16.2 Å². The lowest BCUT2D eigenvalue weighted by Crippen LogP contribution is -2.16. The summed E-state index contributed by atoms with van der Waals surface area (Å²) in [6.07, 6.45) is 0.338. The van der Waals surface area contributed by atoms with E-state index in [2.05, 4.69) is 20.3 Å². The molecular formula is C12H9F3N4OS. The number of nitrogens with zero attached hydrogens (tertiary/aromatic N) is 3. The number of hydrogen-bond acceptors (Lipinski definition) is 5. The van der Waals surface area contributed by atoms with Crippen LogP contribution >= 0.6 is 11.8 Å². The molecule has 0 aliphatic heterocycles. The Morgan fingerprint density at radius 3 is 2.29 bits per heavy atom. The van der Waals surface area contributed by atoms with E-state index in [4.69, 9.17) is 0 Å². The van der Waals surface area contributed by atoms with Crippen molar-refractivity contribution in [2.75, 3.05) is 11.6 Å². The van der Waals surface area contributed by atoms with E-state index < -0.39 is 17.9 Å². The van der Waals surface area contributed by atoms with Gasteiger partial charge in [0.1, 0.15) is 0 Å². The van der Waals surface area contributed by atoms with Crippen LogP contribution in [0.15, 0.2) is 35.7 Å². The molecule has 0 fully saturated rings. The van der Waals surface area contributed by atoms with E-state index in [1.165, 1.54) is 18.0 Å². The first kappa shape index (κ1) is 15.2. The second-order valence-corrected chi connectivity index (χ2v) is 4.66. The summed E-state index contributed by atoms with van der Waals surface area (Å²) in [6.45, 7) is 0. The van der Waals surface area contributed by atoms with E-state index in [1.54, 1.807) is 12.1 Å². The number of carbonyl (C=O) groups excluding carboxylic acids is 1. The zero-order chi connectivity index (χ0) is 15.5. The third kappa shape index (κ3) is 3.91. The summed E-state index contributed by atoms with van der Waals surface area (Å²) in [5, 5.41) is 3.28. The van der Waals surface area contributed by atoms with Gasteiger partial charge in [0.2, 0.25) is 5.82 Å². The highest BCUT2D eigenvalue weighted by atomic mass is 32.2. The average molecular weight is 314 g/mol. The second-order valence-electron chi connectivity index (χ2n) is 3.84. The fourth-order valence-electron chi connectivity index (χ4n) is 1.37. The van der Waals surface area contributed by atoms with Crippen molar-refractivity contribution in [2.24, 2.45) is 0 Å². The molecule has 2 aromatic rings. The van der Waals surface area contributed by atoms with Crippen molar-refractivity contribution in [1.82, 2.24) is 15.0 Å². The fourth-order valence-corrected chi connectivity index (χ4v) is 1.73. The zero-order valence-corrected chi connectivity index (χ0v) is 11.5. The van der Waals surface area contributed by atoms with Gasteiger partial charge < -0.3 is 5.32 Å². The predicted octanol–water partition coefficient (Wildman–Crippen LogP) is 2.86. The Labute approximate surface area is 122 Å². The summed E-state index contributed by atoms with van der Waals surface area (Å²) in [6, 6.07) is 3.35. The molecule has 0 aliphatic carbocycles. The van der Waals surface area contributed by atoms with Crippen molar-refractivity contribution >= 4 is 23.4 Å². The Balaban J connectivity index is 2.09. The summed E-state index contributed by atoms with van der Waals surface area (Å²) in [5.74, 6) is -1.90. The third-order valence-electron chi connectivity index (χ3n) is 2.37. The molecule has 0 atom stereocenters. The topological polar surface area (TPSA) is 67.8 Å². The van der Waals surface area contributed by atoms with Crippen LogP contribution in [0.4, 0.5) is 18.9 Å². The van der Waals surface area contributed by atoms with Crippen molar-refractivity contribution in [3.8, 4) is 0 Å². The predicted molar refractivity (Wildman–Crippen MR) is 71.0 cm³/mol. The molecule has 21 heavy (non-hydrogen) atoms. The lowest BCUT2D eigenvalue weighted by atomic mass is 10.3. The molecule has 0 radical (unpaired) electrons. The normalized spacial score (nSPS) is 11.2. The summed E-state index contributed by atoms with van der Waals surface area (Å²) in [5.41, 5.74) is 0.356. The van der Waals surface area contributed by atoms with Crippen LogP contribution < -0.4 is 5.32 Å². The molecule has 0 saturated carbocycles. The third-order valence-corrected chi connectivity index (χ3v) is 3.03. The number of thioether (sulfide) groups is 1. The highest BCUT2D eigenvalue weighted by Crippen LogP contribution is 2.25. The number of amides is 1. The van der Waals surface area contributed by atoms with Crippen LogP contribution in [0, 0.1) is 0 Å². The molecule has 1 N–H and O–H groups in total. The van der Waals surface area contributed by atoms with Crippen molar-refractivity contribution in [3.63, 3.8) is 0 Å². The molecule has 9 heteroatoms. The van der Waals surface area contributed by atoms with Gasteiger partial charge in [-0.1, -0.05) is 0 Å². The minimum Gasteiger partial charge on any atom is -0.320 e. The number of anilines is 1. The summed E-state index contributed by atoms with van der Waals surface area (Å²) >= 11 is 1.45. The summed E-state index contributed by atoms with van der Waals surface area (Å²) in [4.78, 5) is 22.1. The number of carbonyl (C=O) groups is 1. The largest absolute Gasteiger partial charge is 0.451 e. The monoisotopic (exact) mass is 314 g/mol. The van der Waals surface area contributed by atoms with E-state index in [9.17, 15) is 18.0 Å². The number of nitrogens with one attached hydrogen (secondary N) is 1. The molecule has 0 aliphatic rings. The lowest BCUT2D eigenvalue weighted by Gasteiger charge is -2.07. The van der Waals surface area contributed by atoms with E-state index >= 15 is 0 Å². The van der Waals surface area contributed by atoms with Gasteiger partial charge in [-0.15, -0.1) is 11.8 Å². The van der Waals surface area contributed by atoms with Crippen LogP contribution in [0.5, 0.6) is 0 Å². The van der Waals surface area contributed by atoms with Crippen LogP contribution in [-0.2, 0) is 6.18 Å². The fraction of sp³-hybridized carbons (Fsp3) is 0.167. The standard InChI is InChI=1S/C12H9F3N4OS/c1-21-9-3-2-8(6-16-9)19-10(20)7-4-17-11(18-5-7)12(13,14)15/h2-6H,1H3,(H,19,20). The van der Waals surface area contributed by atoms with E-state index in [1.807, 2.05) is 6.26 Å². The minimum atomic E-state index is -4.63. The molecule has 0 saturated heterocycles. The van der Waals surface area contributed by atoms with Crippen LogP contribution in [0.3, 0.4) is 0 Å². The molecule has 0 spiro atoms. The SMILES string of the molecule is CSc1ccc(NC(=O)c2cnc(C(F)(F)F)nc2)cn1. The van der Waals surface area contributed by atoms with Crippen LogP contribution in [0.2, 0.25) is 0 Å². The molecule has 2 rings (SSSR count). The number of pyridine rings is 1. The maximum Gasteiger partial charge on any atom is 0.451 e. The van der Waals surface area contributed by atoms with Gasteiger partial charge in [0, 0.05) is 12.4 Å². The van der Waals surface area contributed by atoms with Crippen LogP contribution in [0.25, 0.3) is 0 Å². The van der Waals surface area contributed by atoms with Gasteiger partial charge in [-0.2, -0.15) is 13.2 Å². The van der Waals surface area contributed by atoms with E-state index in [0.29, 0.717) is 5.69 Å². The average Bonchev–Trinajstić information content (AvgIpc) is 2.47. The molecule has 0 aromatic carbocycles. The Kier molecular flexibility index (Phi) is 4.41. The molecule has 1 amide bonds. The molecule has 110 valence electrons. The van der Waals surface area contributed by atoms with Crippen molar-refractivity contribution in [3.05, 3.63) is 42.1 Å². The highest BCUT2D eigenvalue weighted by molar-refractivity contribution is 7.98. The summed E-state index contributed by atoms with van der Waals surface area (Å²) < 4.78 is 36.9. The first-order chi connectivity index (χ1) is 9.90. The molecular weight excluding hydrogens is 305 g/mol. The quantitative estimate of drug-likeness (QED) is 0.882. The van der Waals surface area contributed by atoms with Gasteiger partial charge in [0.15, 0.2) is 0 Å². The number of alkyl halides is 3. The maximum atomic E-state index is 12.3. The van der Waals surface area contributed by atoms with E-state index in [-0.39, 0.29) is 5.56 Å². The van der Waals surface area contributed by atoms with Gasteiger partial charge in [-0.3, -0.25) is 4.79 Å². The highest BCUT2D eigenvalue weighted by Gasteiger charge is 2.34.